The molecular formula is C7H13NO2. The minimum atomic E-state index is 0.132. The maximum atomic E-state index is 8.92. The van der Waals surface area contributed by atoms with E-state index in [0.717, 1.165) is 0 Å². The Morgan fingerprint density at radius 3 is 2.10 bits per heavy atom. The molecule has 0 amide bonds. The van der Waals surface area contributed by atoms with Crippen LogP contribution in [0.4, 0.5) is 0 Å². The molecule has 0 aliphatic rings. The zero-order valence-corrected chi connectivity index (χ0v) is 6.51. The maximum Gasteiger partial charge on any atom is 0.157 e. The van der Waals surface area contributed by atoms with Crippen molar-refractivity contribution in [2.45, 2.75) is 13.8 Å². The van der Waals surface area contributed by atoms with Gasteiger partial charge < -0.3 is 15.6 Å². The molecule has 0 radical (unpaired) electrons. The minimum absolute atomic E-state index is 0.132. The highest BCUT2D eigenvalue weighted by Crippen LogP contribution is 2.04. The van der Waals surface area contributed by atoms with E-state index >= 15 is 0 Å². The lowest BCUT2D eigenvalue weighted by atomic mass is 10.3. The quantitative estimate of drug-likeness (QED) is 0.452. The Hall–Kier alpha value is -1.12. The number of ether oxygens (including phenoxy) is 1. The number of hydrogen-bond donors (Lipinski definition) is 2. The van der Waals surface area contributed by atoms with Crippen molar-refractivity contribution in [2.24, 2.45) is 5.73 Å². The Labute approximate surface area is 60.8 Å². The van der Waals surface area contributed by atoms with Gasteiger partial charge in [0.05, 0.1) is 7.11 Å². The summed E-state index contributed by atoms with van der Waals surface area (Å²) >= 11 is 0. The van der Waals surface area contributed by atoms with Crippen LogP contribution in [0.1, 0.15) is 13.8 Å². The first kappa shape index (κ1) is 8.88. The normalized spacial score (nSPS) is 14.5. The van der Waals surface area contributed by atoms with Crippen LogP contribution in [0.5, 0.6) is 0 Å². The molecule has 0 rings (SSSR count). The third kappa shape index (κ3) is 3.02. The van der Waals surface area contributed by atoms with Crippen molar-refractivity contribution in [3.63, 3.8) is 0 Å². The zero-order valence-electron chi connectivity index (χ0n) is 6.51. The molecule has 0 heterocycles. The van der Waals surface area contributed by atoms with Gasteiger partial charge in [0.15, 0.2) is 5.76 Å². The number of methoxy groups -OCH3 is 1. The molecule has 0 aliphatic heterocycles. The molecular weight excluding hydrogens is 130 g/mol. The van der Waals surface area contributed by atoms with Gasteiger partial charge in [-0.25, -0.2) is 0 Å². The van der Waals surface area contributed by atoms with E-state index in [4.69, 9.17) is 15.6 Å². The number of aliphatic hydroxyl groups is 1. The van der Waals surface area contributed by atoms with Crippen LogP contribution in [0.3, 0.4) is 0 Å². The van der Waals surface area contributed by atoms with Crippen molar-refractivity contribution < 1.29 is 9.84 Å². The van der Waals surface area contributed by atoms with Crippen LogP contribution in [-0.4, -0.2) is 12.2 Å². The Morgan fingerprint density at radius 1 is 1.50 bits per heavy atom. The average Bonchev–Trinajstić information content (AvgIpc) is 1.81. The Morgan fingerprint density at radius 2 is 2.00 bits per heavy atom. The van der Waals surface area contributed by atoms with Crippen molar-refractivity contribution in [3.05, 3.63) is 23.3 Å². The van der Waals surface area contributed by atoms with E-state index in [0.29, 0.717) is 11.5 Å². The second-order valence-corrected chi connectivity index (χ2v) is 2.04. The lowest BCUT2D eigenvalue weighted by molar-refractivity contribution is 0.269. The molecule has 0 atom stereocenters. The summed E-state index contributed by atoms with van der Waals surface area (Å²) in [5.41, 5.74) is 5.94. The lowest BCUT2D eigenvalue weighted by Gasteiger charge is -2.01. The number of hydrogen-bond acceptors (Lipinski definition) is 3. The highest BCUT2D eigenvalue weighted by atomic mass is 16.5. The molecule has 3 nitrogen and oxygen atoms in total. The van der Waals surface area contributed by atoms with E-state index < -0.39 is 0 Å². The van der Waals surface area contributed by atoms with Crippen molar-refractivity contribution >= 4 is 0 Å². The van der Waals surface area contributed by atoms with E-state index in [1.165, 1.54) is 14.0 Å². The summed E-state index contributed by atoms with van der Waals surface area (Å²) in [7, 11) is 1.48. The first-order valence-electron chi connectivity index (χ1n) is 2.95. The molecule has 3 heteroatoms. The maximum absolute atomic E-state index is 8.92. The van der Waals surface area contributed by atoms with Crippen molar-refractivity contribution in [1.29, 1.82) is 0 Å². The fourth-order valence-corrected chi connectivity index (χ4v) is 0.518. The lowest BCUT2D eigenvalue weighted by Crippen LogP contribution is -1.95. The number of aliphatic hydroxyl groups excluding tert-OH is 1. The fourth-order valence-electron chi connectivity index (χ4n) is 0.518. The fraction of sp³-hybridized carbons (Fsp3) is 0.429. The van der Waals surface area contributed by atoms with Gasteiger partial charge in [-0.15, -0.1) is 0 Å². The van der Waals surface area contributed by atoms with E-state index in [1.54, 1.807) is 13.0 Å². The van der Waals surface area contributed by atoms with Crippen LogP contribution in [0.25, 0.3) is 0 Å². The average molecular weight is 143 g/mol. The van der Waals surface area contributed by atoms with Crippen molar-refractivity contribution in [2.75, 3.05) is 7.11 Å². The topological polar surface area (TPSA) is 55.5 Å². The summed E-state index contributed by atoms with van der Waals surface area (Å²) in [6.07, 6.45) is 1.56. The van der Waals surface area contributed by atoms with E-state index in [1.807, 2.05) is 0 Å². The molecule has 0 saturated heterocycles. The van der Waals surface area contributed by atoms with Gasteiger partial charge in [-0.1, -0.05) is 0 Å². The van der Waals surface area contributed by atoms with Gasteiger partial charge in [-0.2, -0.15) is 0 Å². The number of allylic oxidation sites excluding steroid dienone is 3. The van der Waals surface area contributed by atoms with Crippen LogP contribution in [0.2, 0.25) is 0 Å². The molecule has 0 unspecified atom stereocenters. The van der Waals surface area contributed by atoms with Crippen LogP contribution in [-0.2, 0) is 4.74 Å². The van der Waals surface area contributed by atoms with Gasteiger partial charge in [0, 0.05) is 11.8 Å². The van der Waals surface area contributed by atoms with Crippen LogP contribution in [0, 0.1) is 0 Å². The standard InChI is InChI=1S/C7H13NO2/c1-5(8)4-7(10-3)6(2)9/h4,9H,8H2,1-3H3/b5-4+,7-6-. The molecule has 58 valence electrons. The molecule has 0 aromatic carbocycles. The van der Waals surface area contributed by atoms with Crippen molar-refractivity contribution in [3.8, 4) is 0 Å². The molecule has 10 heavy (non-hydrogen) atoms. The first-order valence-corrected chi connectivity index (χ1v) is 2.95. The largest absolute Gasteiger partial charge is 0.509 e. The molecule has 0 aromatic rings. The SMILES string of the molecule is COC(/C=C(\C)N)=C(/C)O. The van der Waals surface area contributed by atoms with E-state index in [-0.39, 0.29) is 5.76 Å². The first-order chi connectivity index (χ1) is 4.57. The van der Waals surface area contributed by atoms with Crippen molar-refractivity contribution in [1.82, 2.24) is 0 Å². The van der Waals surface area contributed by atoms with Crippen LogP contribution >= 0.6 is 0 Å². The zero-order chi connectivity index (χ0) is 8.15. The smallest absolute Gasteiger partial charge is 0.157 e. The summed E-state index contributed by atoms with van der Waals surface area (Å²) in [6, 6.07) is 0. The highest BCUT2D eigenvalue weighted by Gasteiger charge is 1.95. The van der Waals surface area contributed by atoms with Gasteiger partial charge in [-0.05, 0) is 13.8 Å². The number of nitrogens with two attached hydrogens (primary N) is 1. The molecule has 3 N–H and O–H groups in total. The van der Waals surface area contributed by atoms with Gasteiger partial charge in [0.2, 0.25) is 0 Å². The summed E-state index contributed by atoms with van der Waals surface area (Å²) in [4.78, 5) is 0. The van der Waals surface area contributed by atoms with Gasteiger partial charge in [-0.3, -0.25) is 0 Å². The third-order valence-corrected chi connectivity index (χ3v) is 0.935. The second-order valence-electron chi connectivity index (χ2n) is 2.04. The Balaban J connectivity index is 4.40. The molecule has 0 saturated carbocycles. The molecule has 0 bridgehead atoms. The molecule has 0 spiro atoms. The monoisotopic (exact) mass is 143 g/mol. The van der Waals surface area contributed by atoms with Gasteiger partial charge in [0.25, 0.3) is 0 Å². The van der Waals surface area contributed by atoms with E-state index in [9.17, 15) is 0 Å². The Bertz CT molecular complexity index is 162. The molecule has 0 aromatic heterocycles. The summed E-state index contributed by atoms with van der Waals surface area (Å²) in [5.74, 6) is 0.535. The van der Waals surface area contributed by atoms with Gasteiger partial charge in [0.1, 0.15) is 5.76 Å². The van der Waals surface area contributed by atoms with Gasteiger partial charge >= 0.3 is 0 Å². The molecule has 0 fully saturated rings. The van der Waals surface area contributed by atoms with E-state index in [2.05, 4.69) is 0 Å². The minimum Gasteiger partial charge on any atom is -0.509 e. The molecule has 0 aliphatic carbocycles. The number of rotatable bonds is 2. The predicted octanol–water partition coefficient (Wildman–Crippen LogP) is 1.28. The summed E-state index contributed by atoms with van der Waals surface area (Å²) < 4.78 is 4.80. The summed E-state index contributed by atoms with van der Waals surface area (Å²) in [6.45, 7) is 3.26. The summed E-state index contributed by atoms with van der Waals surface area (Å²) in [5, 5.41) is 8.92. The Kier molecular flexibility index (Phi) is 3.39. The second kappa shape index (κ2) is 3.82. The predicted molar refractivity (Wildman–Crippen MR) is 40.3 cm³/mol. The highest BCUT2D eigenvalue weighted by molar-refractivity contribution is 5.17. The van der Waals surface area contributed by atoms with Crippen LogP contribution < -0.4 is 5.73 Å². The van der Waals surface area contributed by atoms with Crippen LogP contribution in [0.15, 0.2) is 23.3 Å². The third-order valence-electron chi connectivity index (χ3n) is 0.935.